The van der Waals surface area contributed by atoms with Crippen molar-refractivity contribution in [3.63, 3.8) is 0 Å². The quantitative estimate of drug-likeness (QED) is 0.771. The van der Waals surface area contributed by atoms with Gasteiger partial charge in [0.2, 0.25) is 0 Å². The van der Waals surface area contributed by atoms with Crippen LogP contribution < -0.4 is 5.32 Å². The molecule has 16 heavy (non-hydrogen) atoms. The van der Waals surface area contributed by atoms with E-state index < -0.39 is 5.97 Å². The second kappa shape index (κ2) is 6.66. The van der Waals surface area contributed by atoms with Gasteiger partial charge in [0, 0.05) is 16.8 Å². The summed E-state index contributed by atoms with van der Waals surface area (Å²) in [7, 11) is 0. The van der Waals surface area contributed by atoms with Gasteiger partial charge in [-0.2, -0.15) is 0 Å². The molecule has 0 saturated carbocycles. The predicted molar refractivity (Wildman–Crippen MR) is 67.1 cm³/mol. The molecule has 0 spiro atoms. The minimum Gasteiger partial charge on any atom is -0.478 e. The number of hydrogen-bond donors (Lipinski definition) is 2. The summed E-state index contributed by atoms with van der Waals surface area (Å²) in [5.41, 5.74) is 0.393. The van der Waals surface area contributed by atoms with Crippen molar-refractivity contribution in [2.75, 3.05) is 6.54 Å². The summed E-state index contributed by atoms with van der Waals surface area (Å²) in [6, 6.07) is 1.74. The van der Waals surface area contributed by atoms with E-state index in [9.17, 15) is 4.79 Å². The van der Waals surface area contributed by atoms with Gasteiger partial charge in [-0.15, -0.1) is 11.3 Å². The van der Waals surface area contributed by atoms with E-state index in [0.717, 1.165) is 23.9 Å². The Kier molecular flexibility index (Phi) is 5.49. The lowest BCUT2D eigenvalue weighted by atomic mass is 10.0. The molecule has 1 aromatic heterocycles. The average Bonchev–Trinajstić information content (AvgIpc) is 2.73. The number of rotatable bonds is 7. The van der Waals surface area contributed by atoms with E-state index in [-0.39, 0.29) is 0 Å². The molecule has 1 heterocycles. The number of carboxylic acid groups (broad SMARTS) is 1. The van der Waals surface area contributed by atoms with E-state index in [0.29, 0.717) is 5.56 Å². The van der Waals surface area contributed by atoms with Gasteiger partial charge >= 0.3 is 5.97 Å². The molecule has 0 atom stereocenters. The topological polar surface area (TPSA) is 49.3 Å². The summed E-state index contributed by atoms with van der Waals surface area (Å²) >= 11 is 1.50. The summed E-state index contributed by atoms with van der Waals surface area (Å²) in [6.07, 6.45) is 2.38. The van der Waals surface area contributed by atoms with Gasteiger partial charge in [0.05, 0.1) is 5.56 Å². The largest absolute Gasteiger partial charge is 0.478 e. The van der Waals surface area contributed by atoms with Crippen molar-refractivity contribution in [3.05, 3.63) is 21.9 Å². The van der Waals surface area contributed by atoms with Crippen LogP contribution in [0.2, 0.25) is 0 Å². The SMILES string of the molecule is CCC(CC)CNCc1cc(C(=O)O)cs1. The van der Waals surface area contributed by atoms with Gasteiger partial charge in [0.15, 0.2) is 0 Å². The van der Waals surface area contributed by atoms with Gasteiger partial charge in [-0.1, -0.05) is 26.7 Å². The van der Waals surface area contributed by atoms with Crippen LogP contribution in [0, 0.1) is 5.92 Å². The fourth-order valence-corrected chi connectivity index (χ4v) is 2.39. The van der Waals surface area contributed by atoms with Gasteiger partial charge in [0.25, 0.3) is 0 Å². The summed E-state index contributed by atoms with van der Waals surface area (Å²) in [5.74, 6) is -0.124. The molecule has 0 radical (unpaired) electrons. The molecule has 2 N–H and O–H groups in total. The zero-order valence-corrected chi connectivity index (χ0v) is 10.6. The number of carboxylic acids is 1. The number of carbonyl (C=O) groups is 1. The lowest BCUT2D eigenvalue weighted by molar-refractivity contribution is 0.0697. The van der Waals surface area contributed by atoms with E-state index in [1.54, 1.807) is 11.4 Å². The molecule has 0 bridgehead atoms. The molecule has 3 nitrogen and oxygen atoms in total. The van der Waals surface area contributed by atoms with Crippen molar-refractivity contribution in [1.29, 1.82) is 0 Å². The van der Waals surface area contributed by atoms with Crippen molar-refractivity contribution in [2.24, 2.45) is 5.92 Å². The first kappa shape index (κ1) is 13.2. The molecule has 0 fully saturated rings. The van der Waals surface area contributed by atoms with E-state index in [1.165, 1.54) is 24.2 Å². The number of thiophene rings is 1. The highest BCUT2D eigenvalue weighted by Gasteiger charge is 2.07. The van der Waals surface area contributed by atoms with Gasteiger partial charge < -0.3 is 10.4 Å². The molecule has 1 rings (SSSR count). The molecule has 0 saturated heterocycles. The Morgan fingerprint density at radius 1 is 1.50 bits per heavy atom. The van der Waals surface area contributed by atoms with E-state index in [1.807, 2.05) is 0 Å². The third-order valence-electron chi connectivity index (χ3n) is 2.79. The van der Waals surface area contributed by atoms with Gasteiger partial charge in [0.1, 0.15) is 0 Å². The standard InChI is InChI=1S/C12H19NO2S/c1-3-9(4-2)6-13-7-11-5-10(8-16-11)12(14)15/h5,8-9,13H,3-4,6-7H2,1-2H3,(H,14,15). The maximum absolute atomic E-state index is 10.7. The summed E-state index contributed by atoms with van der Waals surface area (Å²) in [5, 5.41) is 13.8. The average molecular weight is 241 g/mol. The van der Waals surface area contributed by atoms with Crippen molar-refractivity contribution in [2.45, 2.75) is 33.2 Å². The molecule has 90 valence electrons. The van der Waals surface area contributed by atoms with E-state index in [2.05, 4.69) is 19.2 Å². The minimum atomic E-state index is -0.845. The Balaban J connectivity index is 2.34. The van der Waals surface area contributed by atoms with Crippen LogP contribution in [-0.4, -0.2) is 17.6 Å². The Morgan fingerprint density at radius 3 is 2.69 bits per heavy atom. The molecular weight excluding hydrogens is 222 g/mol. The van der Waals surface area contributed by atoms with Crippen LogP contribution in [0.25, 0.3) is 0 Å². The van der Waals surface area contributed by atoms with Crippen molar-refractivity contribution in [3.8, 4) is 0 Å². The van der Waals surface area contributed by atoms with Crippen LogP contribution in [0.3, 0.4) is 0 Å². The number of aromatic carboxylic acids is 1. The van der Waals surface area contributed by atoms with Crippen molar-refractivity contribution >= 4 is 17.3 Å². The van der Waals surface area contributed by atoms with Crippen LogP contribution in [-0.2, 0) is 6.54 Å². The first-order valence-corrected chi connectivity index (χ1v) is 6.56. The zero-order chi connectivity index (χ0) is 12.0. The maximum Gasteiger partial charge on any atom is 0.336 e. The highest BCUT2D eigenvalue weighted by molar-refractivity contribution is 7.10. The smallest absolute Gasteiger partial charge is 0.336 e. The molecular formula is C12H19NO2S. The molecule has 0 aliphatic heterocycles. The minimum absolute atomic E-state index is 0.393. The van der Waals surface area contributed by atoms with Gasteiger partial charge in [-0.25, -0.2) is 4.79 Å². The highest BCUT2D eigenvalue weighted by atomic mass is 32.1. The molecule has 0 amide bonds. The van der Waals surface area contributed by atoms with Crippen molar-refractivity contribution < 1.29 is 9.90 Å². The molecule has 0 aliphatic rings. The molecule has 4 heteroatoms. The second-order valence-corrected chi connectivity index (χ2v) is 4.92. The number of hydrogen-bond acceptors (Lipinski definition) is 3. The Morgan fingerprint density at radius 2 is 2.19 bits per heavy atom. The maximum atomic E-state index is 10.7. The monoisotopic (exact) mass is 241 g/mol. The second-order valence-electron chi connectivity index (χ2n) is 3.92. The van der Waals surface area contributed by atoms with Crippen LogP contribution in [0.15, 0.2) is 11.4 Å². The lowest BCUT2D eigenvalue weighted by Gasteiger charge is -2.12. The summed E-state index contributed by atoms with van der Waals surface area (Å²) in [4.78, 5) is 11.8. The van der Waals surface area contributed by atoms with Crippen LogP contribution in [0.4, 0.5) is 0 Å². The summed E-state index contributed by atoms with van der Waals surface area (Å²) in [6.45, 7) is 6.18. The van der Waals surface area contributed by atoms with Gasteiger partial charge in [-0.3, -0.25) is 0 Å². The predicted octanol–water partition coefficient (Wildman–Crippen LogP) is 2.97. The lowest BCUT2D eigenvalue weighted by Crippen LogP contribution is -2.21. The fraction of sp³-hybridized carbons (Fsp3) is 0.583. The normalized spacial score (nSPS) is 10.9. The van der Waals surface area contributed by atoms with E-state index in [4.69, 9.17) is 5.11 Å². The van der Waals surface area contributed by atoms with E-state index >= 15 is 0 Å². The number of nitrogens with one attached hydrogen (secondary N) is 1. The third-order valence-corrected chi connectivity index (χ3v) is 3.72. The van der Waals surface area contributed by atoms with Gasteiger partial charge in [-0.05, 0) is 18.5 Å². The first-order valence-electron chi connectivity index (χ1n) is 5.68. The Hall–Kier alpha value is -0.870. The fourth-order valence-electron chi connectivity index (χ4n) is 1.56. The third kappa shape index (κ3) is 3.94. The Labute approximate surface area is 100 Å². The molecule has 0 unspecified atom stereocenters. The molecule has 0 aliphatic carbocycles. The first-order chi connectivity index (χ1) is 7.67. The summed E-state index contributed by atoms with van der Waals surface area (Å²) < 4.78 is 0. The van der Waals surface area contributed by atoms with Crippen LogP contribution >= 0.6 is 11.3 Å². The highest BCUT2D eigenvalue weighted by Crippen LogP contribution is 2.14. The molecule has 1 aromatic rings. The van der Waals surface area contributed by atoms with Crippen LogP contribution in [0.1, 0.15) is 41.9 Å². The van der Waals surface area contributed by atoms with Crippen molar-refractivity contribution in [1.82, 2.24) is 5.32 Å². The molecule has 0 aromatic carbocycles. The Bertz CT molecular complexity index is 332. The zero-order valence-electron chi connectivity index (χ0n) is 9.82. The van der Waals surface area contributed by atoms with Crippen LogP contribution in [0.5, 0.6) is 0 Å².